The van der Waals surface area contributed by atoms with E-state index in [2.05, 4.69) is 10.5 Å². The fourth-order valence-electron chi connectivity index (χ4n) is 2.49. The van der Waals surface area contributed by atoms with E-state index in [0.717, 1.165) is 0 Å². The summed E-state index contributed by atoms with van der Waals surface area (Å²) in [5, 5.41) is 6.48. The van der Waals surface area contributed by atoms with Gasteiger partial charge in [0.1, 0.15) is 0 Å². The molecule has 1 heterocycles. The average Bonchev–Trinajstić information content (AvgIpc) is 1.79. The summed E-state index contributed by atoms with van der Waals surface area (Å²) in [6, 6.07) is 0. The minimum atomic E-state index is -0.932. The zero-order valence-electron chi connectivity index (χ0n) is 9.06. The Hall–Kier alpha value is 0.140. The molecule has 14 heavy (non-hydrogen) atoms. The Kier molecular flexibility index (Phi) is 3.99. The summed E-state index contributed by atoms with van der Waals surface area (Å²) in [5.74, 6) is 0. The van der Waals surface area contributed by atoms with Crippen LogP contribution in [0.25, 0.3) is 0 Å². The van der Waals surface area contributed by atoms with E-state index >= 15 is 0 Å². The molecule has 1 aliphatic rings. The van der Waals surface area contributed by atoms with E-state index in [-0.39, 0.29) is 23.5 Å². The van der Waals surface area contributed by atoms with Crippen LogP contribution in [0.5, 0.6) is 0 Å². The van der Waals surface area contributed by atoms with Gasteiger partial charge in [0.25, 0.3) is 0 Å². The molecule has 0 bridgehead atoms. The molecule has 1 fully saturated rings. The molecular weight excluding hydrogens is 223 g/mol. The molecule has 1 saturated heterocycles. The number of rotatable bonds is 1. The molecule has 0 unspecified atom stereocenters. The van der Waals surface area contributed by atoms with Crippen molar-refractivity contribution >= 4 is 24.0 Å². The van der Waals surface area contributed by atoms with Gasteiger partial charge in [-0.15, -0.1) is 17.3 Å². The molecular formula is C9H18Cl2N2O. The highest BCUT2D eigenvalue weighted by atomic mass is 35.5. The molecule has 0 saturated carbocycles. The number of hydrogen-bond acceptors (Lipinski definition) is 3. The second-order valence-electron chi connectivity index (χ2n) is 5.26. The molecule has 1 aliphatic heterocycles. The lowest BCUT2D eigenvalue weighted by atomic mass is 9.79. The van der Waals surface area contributed by atoms with Gasteiger partial charge in [-0.3, -0.25) is 0 Å². The van der Waals surface area contributed by atoms with Crippen LogP contribution < -0.4 is 5.32 Å². The highest BCUT2D eigenvalue weighted by Crippen LogP contribution is 2.40. The smallest absolute Gasteiger partial charge is 0.179 e. The van der Waals surface area contributed by atoms with Gasteiger partial charge in [-0.05, 0) is 32.9 Å². The van der Waals surface area contributed by atoms with Gasteiger partial charge in [-0.1, -0.05) is 11.6 Å². The molecule has 0 aromatic carbocycles. The maximum absolute atomic E-state index is 10.6. The fourth-order valence-corrected chi connectivity index (χ4v) is 3.15. The zero-order valence-corrected chi connectivity index (χ0v) is 10.6. The molecule has 0 aromatic rings. The van der Waals surface area contributed by atoms with Crippen LogP contribution in [0.3, 0.4) is 0 Å². The van der Waals surface area contributed by atoms with Gasteiger partial charge in [0.05, 0.1) is 0 Å². The third-order valence-corrected chi connectivity index (χ3v) is 2.60. The minimum Gasteiger partial charge on any atom is -0.307 e. The standard InChI is InChI=1S/C9H17ClN2O.ClH/c1-7(2)5-9(10,12-13)6-8(3,4)11-7;/h11H,5-6H2,1-4H3;1H. The maximum Gasteiger partial charge on any atom is 0.179 e. The van der Waals surface area contributed by atoms with Crippen molar-refractivity contribution in [1.29, 1.82) is 0 Å². The fraction of sp³-hybridized carbons (Fsp3) is 1.00. The Morgan fingerprint density at radius 1 is 1.14 bits per heavy atom. The second kappa shape index (κ2) is 3.95. The normalized spacial score (nSPS) is 27.5. The monoisotopic (exact) mass is 240 g/mol. The summed E-state index contributed by atoms with van der Waals surface area (Å²) in [6.07, 6.45) is 1.16. The molecule has 0 atom stereocenters. The van der Waals surface area contributed by atoms with Crippen LogP contribution in [0.1, 0.15) is 40.5 Å². The first-order chi connectivity index (χ1) is 5.68. The maximum atomic E-state index is 10.6. The second-order valence-corrected chi connectivity index (χ2v) is 5.96. The van der Waals surface area contributed by atoms with Gasteiger partial charge < -0.3 is 5.32 Å². The molecule has 0 aromatic heterocycles. The summed E-state index contributed by atoms with van der Waals surface area (Å²) in [6.45, 7) is 8.15. The van der Waals surface area contributed by atoms with Crippen molar-refractivity contribution in [2.75, 3.05) is 0 Å². The highest BCUT2D eigenvalue weighted by Gasteiger charge is 2.47. The first-order valence-electron chi connectivity index (χ1n) is 4.51. The largest absolute Gasteiger partial charge is 0.307 e. The summed E-state index contributed by atoms with van der Waals surface area (Å²) in [5.41, 5.74) is -0.255. The van der Waals surface area contributed by atoms with Crippen LogP contribution >= 0.6 is 24.0 Å². The number of nitrogens with one attached hydrogen (secondary N) is 1. The Balaban J connectivity index is 0.00000169. The van der Waals surface area contributed by atoms with Crippen LogP contribution in [-0.4, -0.2) is 16.1 Å². The number of hydrogen-bond donors (Lipinski definition) is 1. The third kappa shape index (κ3) is 3.37. The lowest BCUT2D eigenvalue weighted by Gasteiger charge is -2.47. The van der Waals surface area contributed by atoms with Crippen LogP contribution in [0.4, 0.5) is 0 Å². The van der Waals surface area contributed by atoms with Crippen LogP contribution in [0.2, 0.25) is 0 Å². The van der Waals surface area contributed by atoms with Gasteiger partial charge in [0, 0.05) is 23.9 Å². The molecule has 5 heteroatoms. The summed E-state index contributed by atoms with van der Waals surface area (Å²) in [7, 11) is 0. The highest BCUT2D eigenvalue weighted by molar-refractivity contribution is 6.23. The Bertz CT molecular complexity index is 213. The van der Waals surface area contributed by atoms with Crippen molar-refractivity contribution in [1.82, 2.24) is 5.32 Å². The van der Waals surface area contributed by atoms with E-state index in [1.165, 1.54) is 0 Å². The Labute approximate surface area is 96.4 Å². The van der Waals surface area contributed by atoms with E-state index in [9.17, 15) is 4.91 Å². The Morgan fingerprint density at radius 3 is 1.79 bits per heavy atom. The number of alkyl halides is 1. The summed E-state index contributed by atoms with van der Waals surface area (Å²) < 4.78 is 0. The number of nitrogens with zero attached hydrogens (tertiary/aromatic N) is 1. The molecule has 0 aliphatic carbocycles. The first kappa shape index (κ1) is 14.1. The zero-order chi connectivity index (χ0) is 10.3. The van der Waals surface area contributed by atoms with Gasteiger partial charge >= 0.3 is 0 Å². The number of halogens is 2. The number of nitroso groups, excluding NO2 is 1. The van der Waals surface area contributed by atoms with E-state index in [0.29, 0.717) is 12.8 Å². The predicted octanol–water partition coefficient (Wildman–Crippen LogP) is 3.05. The molecule has 0 amide bonds. The van der Waals surface area contributed by atoms with Crippen LogP contribution in [-0.2, 0) is 0 Å². The van der Waals surface area contributed by atoms with Crippen molar-refractivity contribution in [2.45, 2.75) is 56.6 Å². The third-order valence-electron chi connectivity index (χ3n) is 2.27. The minimum absolute atomic E-state index is 0. The number of piperidine rings is 1. The predicted molar refractivity (Wildman–Crippen MR) is 62.2 cm³/mol. The van der Waals surface area contributed by atoms with E-state index < -0.39 is 5.00 Å². The van der Waals surface area contributed by atoms with Gasteiger partial charge in [-0.2, -0.15) is 0 Å². The van der Waals surface area contributed by atoms with E-state index in [4.69, 9.17) is 11.6 Å². The van der Waals surface area contributed by atoms with Crippen LogP contribution in [0.15, 0.2) is 5.18 Å². The van der Waals surface area contributed by atoms with E-state index in [1.54, 1.807) is 0 Å². The average molecular weight is 241 g/mol. The van der Waals surface area contributed by atoms with Gasteiger partial charge in [0.2, 0.25) is 0 Å². The molecule has 0 spiro atoms. The van der Waals surface area contributed by atoms with Crippen molar-refractivity contribution < 1.29 is 0 Å². The molecule has 1 N–H and O–H groups in total. The molecule has 1 rings (SSSR count). The molecule has 84 valence electrons. The summed E-state index contributed by atoms with van der Waals surface area (Å²) in [4.78, 5) is 9.72. The van der Waals surface area contributed by atoms with E-state index in [1.807, 2.05) is 27.7 Å². The lowest BCUT2D eigenvalue weighted by Crippen LogP contribution is -2.61. The quantitative estimate of drug-likeness (QED) is 0.435. The summed E-state index contributed by atoms with van der Waals surface area (Å²) >= 11 is 6.11. The van der Waals surface area contributed by atoms with Gasteiger partial charge in [-0.25, -0.2) is 0 Å². The van der Waals surface area contributed by atoms with Gasteiger partial charge in [0.15, 0.2) is 5.00 Å². The van der Waals surface area contributed by atoms with Crippen molar-refractivity contribution in [2.24, 2.45) is 5.18 Å². The SMILES string of the molecule is CC1(C)CC(Cl)(N=O)CC(C)(C)N1.Cl. The van der Waals surface area contributed by atoms with Crippen molar-refractivity contribution in [3.8, 4) is 0 Å². The Morgan fingerprint density at radius 2 is 1.50 bits per heavy atom. The molecule has 3 nitrogen and oxygen atoms in total. The van der Waals surface area contributed by atoms with Crippen LogP contribution in [0, 0.1) is 4.91 Å². The topological polar surface area (TPSA) is 41.5 Å². The molecule has 0 radical (unpaired) electrons. The van der Waals surface area contributed by atoms with Crippen molar-refractivity contribution in [3.05, 3.63) is 4.91 Å². The first-order valence-corrected chi connectivity index (χ1v) is 4.89. The van der Waals surface area contributed by atoms with Crippen molar-refractivity contribution in [3.63, 3.8) is 0 Å². The lowest BCUT2D eigenvalue weighted by molar-refractivity contribution is 0.146.